The van der Waals surface area contributed by atoms with Crippen molar-refractivity contribution in [1.82, 2.24) is 19.7 Å². The van der Waals surface area contributed by atoms with E-state index in [9.17, 15) is 14.0 Å². The van der Waals surface area contributed by atoms with Gasteiger partial charge in [0.05, 0.1) is 16.9 Å². The molecule has 2 unspecified atom stereocenters. The first-order chi connectivity index (χ1) is 17.4. The van der Waals surface area contributed by atoms with Crippen LogP contribution in [0.3, 0.4) is 0 Å². The van der Waals surface area contributed by atoms with E-state index < -0.39 is 0 Å². The normalized spacial score (nSPS) is 23.1. The number of rotatable bonds is 4. The largest absolute Gasteiger partial charge is 0.350 e. The molecule has 8 heteroatoms. The summed E-state index contributed by atoms with van der Waals surface area (Å²) in [5, 5.41) is 3.42. The number of amides is 2. The zero-order valence-electron chi connectivity index (χ0n) is 20.2. The minimum atomic E-state index is -0.322. The van der Waals surface area contributed by atoms with Gasteiger partial charge >= 0.3 is 0 Å². The average molecular weight is 505 g/mol. The Morgan fingerprint density at radius 1 is 1.14 bits per heavy atom. The first-order valence-corrected chi connectivity index (χ1v) is 12.9. The van der Waals surface area contributed by atoms with E-state index in [1.807, 2.05) is 17.7 Å². The highest BCUT2D eigenvalue weighted by molar-refractivity contribution is 7.80. The standard InChI is InChI=1S/C28H29FN4O2S/c1-31-16-23(22-5-3-20(29)13-25(22)31)18-8-10-32(11-9-18)14-17-2-4-21-19(12-17)15-33(28(21)36)24-6-7-26(34)30-27(24)35/h2-5,8,12-13,16,24,28,36H,6-7,9-11,14-15H2,1H3,(H,30,34,35). The third kappa shape index (κ3) is 4.17. The zero-order valence-corrected chi connectivity index (χ0v) is 21.1. The van der Waals surface area contributed by atoms with E-state index in [0.29, 0.717) is 19.4 Å². The van der Waals surface area contributed by atoms with Crippen molar-refractivity contribution in [1.29, 1.82) is 0 Å². The van der Waals surface area contributed by atoms with Crippen LogP contribution in [-0.2, 0) is 29.7 Å². The fourth-order valence-electron chi connectivity index (χ4n) is 5.86. The summed E-state index contributed by atoms with van der Waals surface area (Å²) in [5.74, 6) is -0.623. The average Bonchev–Trinajstić information content (AvgIpc) is 3.36. The zero-order chi connectivity index (χ0) is 25.0. The molecule has 1 saturated heterocycles. The summed E-state index contributed by atoms with van der Waals surface area (Å²) in [7, 11) is 1.96. The molecule has 0 aliphatic carbocycles. The van der Waals surface area contributed by atoms with Gasteiger partial charge in [-0.2, -0.15) is 12.6 Å². The summed E-state index contributed by atoms with van der Waals surface area (Å²) >= 11 is 4.80. The number of nitrogens with one attached hydrogen (secondary N) is 1. The maximum absolute atomic E-state index is 13.7. The third-order valence-electron chi connectivity index (χ3n) is 7.76. The molecule has 36 heavy (non-hydrogen) atoms. The quantitative estimate of drug-likeness (QED) is 0.414. The second-order valence-corrected chi connectivity index (χ2v) is 10.6. The van der Waals surface area contributed by atoms with Gasteiger partial charge in [0, 0.05) is 56.8 Å². The van der Waals surface area contributed by atoms with Crippen LogP contribution in [0.15, 0.2) is 48.7 Å². The van der Waals surface area contributed by atoms with Gasteiger partial charge in [-0.15, -0.1) is 0 Å². The Labute approximate surface area is 215 Å². The van der Waals surface area contributed by atoms with Gasteiger partial charge < -0.3 is 4.57 Å². The smallest absolute Gasteiger partial charge is 0.243 e. The predicted molar refractivity (Wildman–Crippen MR) is 141 cm³/mol. The van der Waals surface area contributed by atoms with E-state index in [2.05, 4.69) is 45.6 Å². The molecule has 0 bridgehead atoms. The van der Waals surface area contributed by atoms with Crippen LogP contribution in [-0.4, -0.2) is 45.3 Å². The molecule has 2 atom stereocenters. The lowest BCUT2D eigenvalue weighted by Gasteiger charge is -2.32. The lowest BCUT2D eigenvalue weighted by Crippen LogP contribution is -2.51. The minimum Gasteiger partial charge on any atom is -0.350 e. The van der Waals surface area contributed by atoms with Crippen molar-refractivity contribution >= 4 is 40.9 Å². The van der Waals surface area contributed by atoms with E-state index >= 15 is 0 Å². The number of fused-ring (bicyclic) bond motifs is 2. The second kappa shape index (κ2) is 9.18. The van der Waals surface area contributed by atoms with Gasteiger partial charge in [0.2, 0.25) is 11.8 Å². The summed E-state index contributed by atoms with van der Waals surface area (Å²) in [6.45, 7) is 3.34. The van der Waals surface area contributed by atoms with Gasteiger partial charge in [-0.05, 0) is 53.3 Å². The number of benzene rings is 2. The lowest BCUT2D eigenvalue weighted by atomic mass is 9.98. The highest BCUT2D eigenvalue weighted by atomic mass is 32.1. The van der Waals surface area contributed by atoms with Crippen molar-refractivity contribution in [2.45, 2.75) is 43.8 Å². The Morgan fingerprint density at radius 2 is 2.00 bits per heavy atom. The highest BCUT2D eigenvalue weighted by Gasteiger charge is 2.39. The monoisotopic (exact) mass is 504 g/mol. The number of hydrogen-bond acceptors (Lipinski definition) is 5. The molecule has 186 valence electrons. The van der Waals surface area contributed by atoms with Crippen LogP contribution >= 0.6 is 12.6 Å². The van der Waals surface area contributed by atoms with Crippen molar-refractivity contribution in [3.63, 3.8) is 0 Å². The molecule has 1 N–H and O–H groups in total. The molecular formula is C28H29FN4O2S. The SMILES string of the molecule is Cn1cc(C2=CCN(Cc3ccc4c(c3)CN(C3CCC(=O)NC3=O)C4S)CC2)c2ccc(F)cc21. The van der Waals surface area contributed by atoms with Crippen LogP contribution in [0.2, 0.25) is 0 Å². The Morgan fingerprint density at radius 3 is 2.78 bits per heavy atom. The minimum absolute atomic E-state index is 0.146. The Balaban J connectivity index is 1.14. The van der Waals surface area contributed by atoms with Gasteiger partial charge in [0.25, 0.3) is 0 Å². The fourth-order valence-corrected chi connectivity index (χ4v) is 6.35. The Bertz CT molecular complexity index is 1410. The van der Waals surface area contributed by atoms with Crippen LogP contribution < -0.4 is 5.32 Å². The number of carbonyl (C=O) groups excluding carboxylic acids is 2. The molecule has 3 aromatic rings. The number of halogens is 1. The molecule has 3 aliphatic heterocycles. The maximum atomic E-state index is 13.7. The summed E-state index contributed by atoms with van der Waals surface area (Å²) in [6.07, 6.45) is 6.26. The van der Waals surface area contributed by atoms with Crippen molar-refractivity contribution in [2.24, 2.45) is 7.05 Å². The van der Waals surface area contributed by atoms with Crippen molar-refractivity contribution < 1.29 is 14.0 Å². The first kappa shape index (κ1) is 23.5. The van der Waals surface area contributed by atoms with Gasteiger partial charge in [-0.3, -0.25) is 24.7 Å². The van der Waals surface area contributed by atoms with E-state index in [-0.39, 0.29) is 29.0 Å². The molecule has 6 nitrogen and oxygen atoms in total. The molecule has 4 heterocycles. The van der Waals surface area contributed by atoms with Gasteiger partial charge in [-0.25, -0.2) is 4.39 Å². The van der Waals surface area contributed by atoms with E-state index in [0.717, 1.165) is 42.5 Å². The third-order valence-corrected chi connectivity index (χ3v) is 8.34. The van der Waals surface area contributed by atoms with Gasteiger partial charge in [-0.1, -0.05) is 24.3 Å². The van der Waals surface area contributed by atoms with E-state index in [1.165, 1.54) is 28.3 Å². The fraction of sp³-hybridized carbons (Fsp3) is 0.357. The Kier molecular flexibility index (Phi) is 5.98. The summed E-state index contributed by atoms with van der Waals surface area (Å²) in [4.78, 5) is 28.5. The first-order valence-electron chi connectivity index (χ1n) is 12.4. The van der Waals surface area contributed by atoms with Gasteiger partial charge in [0.1, 0.15) is 5.82 Å². The second-order valence-electron chi connectivity index (χ2n) is 10.1. The molecule has 0 radical (unpaired) electrons. The van der Waals surface area contributed by atoms with Gasteiger partial charge in [0.15, 0.2) is 0 Å². The Hall–Kier alpha value is -2.94. The van der Waals surface area contributed by atoms with Crippen molar-refractivity contribution in [3.05, 3.63) is 76.7 Å². The predicted octanol–water partition coefficient (Wildman–Crippen LogP) is 4.16. The highest BCUT2D eigenvalue weighted by Crippen LogP contribution is 2.40. The molecule has 2 aromatic carbocycles. The molecule has 0 saturated carbocycles. The molecular weight excluding hydrogens is 475 g/mol. The van der Waals surface area contributed by atoms with Crippen LogP contribution in [0.1, 0.15) is 46.9 Å². The molecule has 3 aliphatic rings. The number of hydrogen-bond donors (Lipinski definition) is 2. The van der Waals surface area contributed by atoms with Crippen LogP contribution in [0.25, 0.3) is 16.5 Å². The van der Waals surface area contributed by atoms with Crippen LogP contribution in [0, 0.1) is 5.82 Å². The number of piperidine rings is 1. The molecule has 1 aromatic heterocycles. The van der Waals surface area contributed by atoms with Crippen LogP contribution in [0.5, 0.6) is 0 Å². The number of carbonyl (C=O) groups is 2. The topological polar surface area (TPSA) is 57.6 Å². The van der Waals surface area contributed by atoms with Crippen molar-refractivity contribution in [2.75, 3.05) is 13.1 Å². The summed E-state index contributed by atoms with van der Waals surface area (Å²) in [5.41, 5.74) is 7.01. The summed E-state index contributed by atoms with van der Waals surface area (Å²) < 4.78 is 15.7. The number of aryl methyl sites for hydroxylation is 1. The number of nitrogens with zero attached hydrogens (tertiary/aromatic N) is 3. The maximum Gasteiger partial charge on any atom is 0.243 e. The number of imide groups is 1. The van der Waals surface area contributed by atoms with E-state index in [1.54, 1.807) is 6.07 Å². The lowest BCUT2D eigenvalue weighted by molar-refractivity contribution is -0.137. The number of thiol groups is 1. The molecule has 0 spiro atoms. The molecule has 6 rings (SSSR count). The summed E-state index contributed by atoms with van der Waals surface area (Å²) in [6, 6.07) is 11.2. The molecule has 2 amide bonds. The van der Waals surface area contributed by atoms with E-state index in [4.69, 9.17) is 12.6 Å². The molecule has 1 fully saturated rings. The van der Waals surface area contributed by atoms with Crippen LogP contribution in [0.4, 0.5) is 4.39 Å². The number of aromatic nitrogens is 1. The van der Waals surface area contributed by atoms with Crippen molar-refractivity contribution in [3.8, 4) is 0 Å².